The van der Waals surface area contributed by atoms with Crippen LogP contribution in [0.2, 0.25) is 0 Å². The molecule has 2 heterocycles. The van der Waals surface area contributed by atoms with Gasteiger partial charge in [-0.3, -0.25) is 14.5 Å². The topological polar surface area (TPSA) is 173 Å². The molecule has 0 bridgehead atoms. The molecule has 0 unspecified atom stereocenters. The van der Waals surface area contributed by atoms with Crippen LogP contribution in [0.1, 0.15) is 69.1 Å². The number of hydrogen-bond donors (Lipinski definition) is 6. The van der Waals surface area contributed by atoms with Gasteiger partial charge in [-0.05, 0) is 96.9 Å². The van der Waals surface area contributed by atoms with Crippen LogP contribution in [-0.2, 0) is 34.4 Å². The fraction of sp³-hybridized carbons (Fsp3) is 0.300. The van der Waals surface area contributed by atoms with Gasteiger partial charge in [-0.2, -0.15) is 13.2 Å². The Kier molecular flexibility index (Phi) is 15.0. The minimum atomic E-state index is -4.78. The third-order valence-corrected chi connectivity index (χ3v) is 11.6. The number of H-pyrrole nitrogens is 1. The maximum Gasteiger partial charge on any atom is 0.416 e. The molecular weight excluding hydrogens is 842 g/mol. The van der Waals surface area contributed by atoms with E-state index in [0.29, 0.717) is 22.3 Å². The lowest BCUT2D eigenvalue weighted by Gasteiger charge is -2.33. The Morgan fingerprint density at radius 2 is 1.58 bits per heavy atom. The second-order valence-electron chi connectivity index (χ2n) is 16.2. The van der Waals surface area contributed by atoms with Gasteiger partial charge in [0.05, 0.1) is 30.4 Å². The van der Waals surface area contributed by atoms with E-state index in [-0.39, 0.29) is 73.1 Å². The van der Waals surface area contributed by atoms with E-state index in [9.17, 15) is 42.9 Å². The standard InChI is InChI=1S/C50H51F3N4O8/c51-50(52,53)42-27-35(15-16-36(42)29-54-30-44(59)40-17-19-43(58)46-41(40)18-20-45(60)56-46)47(61)55-23-8-26-64-39-14-7-13-38(28-39)49(63,37-11-5-2-6-12-37)48(62)65-32-34-21-24-57(25-22-34)31-33-9-3-1-4-10-33/h1-7,9-20,27-28,34,44,54,58-59,63H,8,21-26,29-32H2,(H,55,61)(H,56,60)/t44-,49-/m0/s1. The van der Waals surface area contributed by atoms with Gasteiger partial charge < -0.3 is 40.4 Å². The lowest BCUT2D eigenvalue weighted by Crippen LogP contribution is -2.40. The molecule has 1 fully saturated rings. The molecule has 340 valence electrons. The van der Waals surface area contributed by atoms with E-state index >= 15 is 0 Å². The molecule has 65 heavy (non-hydrogen) atoms. The van der Waals surface area contributed by atoms with Gasteiger partial charge in [0.15, 0.2) is 0 Å². The molecule has 0 aliphatic carbocycles. The van der Waals surface area contributed by atoms with Crippen molar-refractivity contribution in [1.82, 2.24) is 20.5 Å². The van der Waals surface area contributed by atoms with Crippen LogP contribution in [0.4, 0.5) is 13.2 Å². The SMILES string of the molecule is O=C(NCCCOc1cccc([C@](O)(C(=O)OCC2CCN(Cc3ccccc3)CC2)c2ccccc2)c1)c1ccc(CNC[C@H](O)c2ccc(O)c3[nH]c(=O)ccc23)c(C(F)(F)F)c1. The van der Waals surface area contributed by atoms with Gasteiger partial charge >= 0.3 is 12.1 Å². The van der Waals surface area contributed by atoms with E-state index in [1.54, 1.807) is 54.6 Å². The van der Waals surface area contributed by atoms with Gasteiger partial charge in [-0.1, -0.05) is 84.9 Å². The molecular formula is C50H51F3N4O8. The molecule has 1 amide bonds. The molecule has 15 heteroatoms. The maximum absolute atomic E-state index is 14.2. The second-order valence-corrected chi connectivity index (χ2v) is 16.2. The number of esters is 1. The third kappa shape index (κ3) is 11.6. The Balaban J connectivity index is 0.904. The van der Waals surface area contributed by atoms with Gasteiger partial charge in [0.2, 0.25) is 11.2 Å². The first-order valence-electron chi connectivity index (χ1n) is 21.5. The number of halogens is 3. The van der Waals surface area contributed by atoms with Crippen molar-refractivity contribution in [3.63, 3.8) is 0 Å². The van der Waals surface area contributed by atoms with Crippen LogP contribution >= 0.6 is 0 Å². The number of amides is 1. The lowest BCUT2D eigenvalue weighted by atomic mass is 9.86. The van der Waals surface area contributed by atoms with Gasteiger partial charge in [0.25, 0.3) is 5.91 Å². The monoisotopic (exact) mass is 892 g/mol. The number of rotatable bonds is 18. The first-order chi connectivity index (χ1) is 31.3. The van der Waals surface area contributed by atoms with Crippen LogP contribution in [-0.4, -0.2) is 76.5 Å². The number of ether oxygens (including phenoxy) is 2. The number of aliphatic hydroxyl groups excluding tert-OH is 1. The van der Waals surface area contributed by atoms with Crippen LogP contribution in [0.5, 0.6) is 11.5 Å². The minimum absolute atomic E-state index is 0.0758. The summed E-state index contributed by atoms with van der Waals surface area (Å²) in [6, 6.07) is 34.0. The van der Waals surface area contributed by atoms with E-state index < -0.39 is 40.9 Å². The molecule has 1 saturated heterocycles. The van der Waals surface area contributed by atoms with Crippen molar-refractivity contribution in [2.45, 2.75) is 50.2 Å². The molecule has 2 atom stereocenters. The lowest BCUT2D eigenvalue weighted by molar-refractivity contribution is -0.164. The zero-order chi connectivity index (χ0) is 46.0. The summed E-state index contributed by atoms with van der Waals surface area (Å²) < 4.78 is 54.4. The molecule has 7 rings (SSSR count). The van der Waals surface area contributed by atoms with Crippen molar-refractivity contribution < 1.29 is 47.6 Å². The third-order valence-electron chi connectivity index (χ3n) is 11.6. The first kappa shape index (κ1) is 46.5. The zero-order valence-corrected chi connectivity index (χ0v) is 35.5. The van der Waals surface area contributed by atoms with E-state index in [1.165, 1.54) is 42.0 Å². The molecule has 6 N–H and O–H groups in total. The average molecular weight is 893 g/mol. The molecule has 0 saturated carbocycles. The number of benzene rings is 5. The normalized spacial score (nSPS) is 15.0. The zero-order valence-electron chi connectivity index (χ0n) is 35.5. The van der Waals surface area contributed by atoms with Crippen molar-refractivity contribution in [1.29, 1.82) is 0 Å². The number of piperidine rings is 1. The quantitative estimate of drug-likeness (QED) is 0.0391. The Bertz CT molecular complexity index is 2620. The van der Waals surface area contributed by atoms with Crippen molar-refractivity contribution in [3.8, 4) is 11.5 Å². The summed E-state index contributed by atoms with van der Waals surface area (Å²) in [5, 5.41) is 38.9. The summed E-state index contributed by atoms with van der Waals surface area (Å²) in [5.41, 5.74) is -1.61. The minimum Gasteiger partial charge on any atom is -0.506 e. The number of pyridine rings is 1. The summed E-state index contributed by atoms with van der Waals surface area (Å²) in [5.74, 6) is -1.21. The Labute approximate surface area is 373 Å². The number of likely N-dealkylation sites (tertiary alicyclic amines) is 1. The highest BCUT2D eigenvalue weighted by atomic mass is 19.4. The van der Waals surface area contributed by atoms with E-state index in [0.717, 1.165) is 38.5 Å². The number of phenolic OH excluding ortho intramolecular Hbond substituents is 1. The van der Waals surface area contributed by atoms with Gasteiger partial charge in [0.1, 0.15) is 11.5 Å². The van der Waals surface area contributed by atoms with Gasteiger partial charge in [-0.15, -0.1) is 0 Å². The van der Waals surface area contributed by atoms with Crippen molar-refractivity contribution in [3.05, 3.63) is 177 Å². The highest BCUT2D eigenvalue weighted by Crippen LogP contribution is 2.35. The summed E-state index contributed by atoms with van der Waals surface area (Å²) >= 11 is 0. The smallest absolute Gasteiger partial charge is 0.416 e. The summed E-state index contributed by atoms with van der Waals surface area (Å²) in [6.45, 7) is 2.52. The Morgan fingerprint density at radius 3 is 2.32 bits per heavy atom. The Morgan fingerprint density at radius 1 is 0.862 bits per heavy atom. The molecule has 0 spiro atoms. The molecule has 0 radical (unpaired) electrons. The Hall–Kier alpha value is -6.52. The maximum atomic E-state index is 14.2. The summed E-state index contributed by atoms with van der Waals surface area (Å²) in [6.07, 6.45) is -3.97. The van der Waals surface area contributed by atoms with Crippen LogP contribution in [0, 0.1) is 5.92 Å². The number of nitrogens with zero attached hydrogens (tertiary/aromatic N) is 1. The number of alkyl halides is 3. The number of carbonyl (C=O) groups excluding carboxylic acids is 2. The van der Waals surface area contributed by atoms with Crippen LogP contribution in [0.15, 0.2) is 132 Å². The number of hydrogen-bond acceptors (Lipinski definition) is 10. The number of aromatic nitrogens is 1. The van der Waals surface area contributed by atoms with Crippen molar-refractivity contribution >= 4 is 22.8 Å². The van der Waals surface area contributed by atoms with E-state index in [1.807, 2.05) is 18.2 Å². The number of carbonyl (C=O) groups is 2. The number of fused-ring (bicyclic) bond motifs is 1. The number of aromatic hydroxyl groups is 1. The van der Waals surface area contributed by atoms with Gasteiger partial charge in [0, 0.05) is 48.8 Å². The number of aliphatic hydroxyl groups is 2. The van der Waals surface area contributed by atoms with E-state index in [4.69, 9.17) is 9.47 Å². The summed E-state index contributed by atoms with van der Waals surface area (Å²) in [4.78, 5) is 43.4. The molecule has 5 aromatic carbocycles. The highest BCUT2D eigenvalue weighted by Gasteiger charge is 2.42. The number of phenols is 1. The first-order valence-corrected chi connectivity index (χ1v) is 21.5. The molecule has 12 nitrogen and oxygen atoms in total. The van der Waals surface area contributed by atoms with Crippen LogP contribution < -0.4 is 20.9 Å². The predicted molar refractivity (Wildman–Crippen MR) is 238 cm³/mol. The van der Waals surface area contributed by atoms with Crippen LogP contribution in [0.3, 0.4) is 0 Å². The summed E-state index contributed by atoms with van der Waals surface area (Å²) in [7, 11) is 0. The van der Waals surface area contributed by atoms with Gasteiger partial charge in [-0.25, -0.2) is 4.79 Å². The molecule has 1 aliphatic rings. The van der Waals surface area contributed by atoms with Crippen LogP contribution in [0.25, 0.3) is 10.9 Å². The van der Waals surface area contributed by atoms with Crippen molar-refractivity contribution in [2.24, 2.45) is 5.92 Å². The molecule has 1 aliphatic heterocycles. The fourth-order valence-corrected chi connectivity index (χ4v) is 8.05. The fourth-order valence-electron chi connectivity index (χ4n) is 8.05. The highest BCUT2D eigenvalue weighted by molar-refractivity contribution is 5.94. The van der Waals surface area contributed by atoms with E-state index in [2.05, 4.69) is 32.7 Å². The average Bonchev–Trinajstić information content (AvgIpc) is 3.31. The van der Waals surface area contributed by atoms with Crippen molar-refractivity contribution in [2.75, 3.05) is 39.4 Å². The number of aromatic amines is 1. The largest absolute Gasteiger partial charge is 0.506 e. The number of nitrogens with one attached hydrogen (secondary N) is 3. The molecule has 6 aromatic rings. The predicted octanol–water partition coefficient (Wildman–Crippen LogP) is 6.97. The second kappa shape index (κ2) is 21.0. The molecule has 1 aromatic heterocycles.